The van der Waals surface area contributed by atoms with Crippen LogP contribution in [-0.2, 0) is 22.6 Å². The van der Waals surface area contributed by atoms with E-state index in [2.05, 4.69) is 5.32 Å². The van der Waals surface area contributed by atoms with Crippen molar-refractivity contribution < 1.29 is 37.4 Å². The van der Waals surface area contributed by atoms with Gasteiger partial charge in [-0.15, -0.1) is 0 Å². The molecule has 2 heterocycles. The summed E-state index contributed by atoms with van der Waals surface area (Å²) >= 11 is 0. The first-order chi connectivity index (χ1) is 19.5. The highest BCUT2D eigenvalue weighted by molar-refractivity contribution is 5.90. The van der Waals surface area contributed by atoms with Crippen molar-refractivity contribution in [2.75, 3.05) is 29.9 Å². The zero-order chi connectivity index (χ0) is 29.8. The Labute approximate surface area is 229 Å². The molecule has 41 heavy (non-hydrogen) atoms. The number of alkyl halides is 2. The summed E-state index contributed by atoms with van der Waals surface area (Å²) in [5, 5.41) is 13.9. The van der Waals surface area contributed by atoms with Gasteiger partial charge in [0, 0.05) is 13.1 Å². The van der Waals surface area contributed by atoms with Crippen LogP contribution >= 0.6 is 0 Å². The van der Waals surface area contributed by atoms with Crippen LogP contribution in [-0.4, -0.2) is 69.2 Å². The average molecular weight is 579 g/mol. The number of anilines is 2. The molecule has 2 aromatic carbocycles. The molecule has 2 amide bonds. The van der Waals surface area contributed by atoms with E-state index >= 15 is 0 Å². The van der Waals surface area contributed by atoms with Crippen molar-refractivity contribution in [2.45, 2.75) is 32.5 Å². The van der Waals surface area contributed by atoms with Crippen LogP contribution in [0.1, 0.15) is 17.3 Å². The molecule has 16 heteroatoms. The Kier molecular flexibility index (Phi) is 8.49. The Morgan fingerprint density at radius 3 is 2.32 bits per heavy atom. The zero-order valence-corrected chi connectivity index (χ0v) is 21.6. The van der Waals surface area contributed by atoms with Crippen LogP contribution in [0, 0.1) is 5.82 Å². The minimum Gasteiger partial charge on any atom is -0.478 e. The highest BCUT2D eigenvalue weighted by Crippen LogP contribution is 2.26. The SMILES string of the molecule is CCn1c(=O)n(-c2ccc(C(=O)O)cc2)c(=O)n1CCNc1ccc(N2C[C@H](CNC(=O)C(F)F)OC2=O)cc1F. The van der Waals surface area contributed by atoms with Crippen molar-refractivity contribution in [3.8, 4) is 5.69 Å². The number of nitrogens with one attached hydrogen (secondary N) is 2. The van der Waals surface area contributed by atoms with E-state index in [0.29, 0.717) is 0 Å². The van der Waals surface area contributed by atoms with E-state index in [-0.39, 0.29) is 55.3 Å². The molecular formula is C25H25F3N6O7. The standard InChI is InChI=1S/C25H25F3N6O7/c1-2-32-23(38)34(15-5-3-14(4-6-15)22(36)37)24(39)33(32)10-9-29-19-8-7-16(11-18(19)26)31-13-17(41-25(31)40)12-30-21(35)20(27)28/h3-8,11,17,20,29H,2,9-10,12-13H2,1H3,(H,30,35)(H,36,37)/t17-/m0/s1. The van der Waals surface area contributed by atoms with Gasteiger partial charge < -0.3 is 20.5 Å². The second kappa shape index (κ2) is 12.0. The Balaban J connectivity index is 1.42. The normalized spacial score (nSPS) is 14.8. The van der Waals surface area contributed by atoms with Crippen molar-refractivity contribution in [2.24, 2.45) is 0 Å². The molecule has 1 aromatic heterocycles. The lowest BCUT2D eigenvalue weighted by Gasteiger charge is -2.15. The number of ether oxygens (including phenoxy) is 1. The molecule has 1 aliphatic rings. The highest BCUT2D eigenvalue weighted by Gasteiger charge is 2.33. The number of cyclic esters (lactones) is 1. The number of hydrogen-bond donors (Lipinski definition) is 3. The summed E-state index contributed by atoms with van der Waals surface area (Å²) in [5.74, 6) is -3.38. The van der Waals surface area contributed by atoms with Gasteiger partial charge in [0.15, 0.2) is 0 Å². The summed E-state index contributed by atoms with van der Waals surface area (Å²) in [6, 6.07) is 9.10. The maximum absolute atomic E-state index is 14.8. The number of aromatic carboxylic acids is 1. The summed E-state index contributed by atoms with van der Waals surface area (Å²) in [6.07, 6.45) is -4.94. The third kappa shape index (κ3) is 6.10. The molecule has 3 N–H and O–H groups in total. The molecule has 3 aromatic rings. The molecule has 0 spiro atoms. The number of rotatable bonds is 11. The Morgan fingerprint density at radius 2 is 1.71 bits per heavy atom. The predicted octanol–water partition coefficient (Wildman–Crippen LogP) is 1.48. The smallest absolute Gasteiger partial charge is 0.414 e. The first-order valence-electron chi connectivity index (χ1n) is 12.4. The van der Waals surface area contributed by atoms with E-state index in [0.717, 1.165) is 15.5 Å². The fraction of sp³-hybridized carbons (Fsp3) is 0.320. The Hall–Kier alpha value is -5.02. The number of carboxylic acids is 1. The summed E-state index contributed by atoms with van der Waals surface area (Å²) < 4.78 is 47.9. The van der Waals surface area contributed by atoms with Gasteiger partial charge in [-0.25, -0.2) is 37.5 Å². The first-order valence-corrected chi connectivity index (χ1v) is 12.4. The lowest BCUT2D eigenvalue weighted by molar-refractivity contribution is -0.132. The molecule has 1 fully saturated rings. The lowest BCUT2D eigenvalue weighted by Crippen LogP contribution is -2.37. The summed E-state index contributed by atoms with van der Waals surface area (Å²) in [7, 11) is 0. The molecule has 1 saturated heterocycles. The number of amides is 2. The molecule has 13 nitrogen and oxygen atoms in total. The van der Waals surface area contributed by atoms with Gasteiger partial charge in [-0.1, -0.05) is 0 Å². The number of halogens is 3. The van der Waals surface area contributed by atoms with Crippen molar-refractivity contribution >= 4 is 29.3 Å². The minimum atomic E-state index is -3.21. The third-order valence-corrected chi connectivity index (χ3v) is 6.27. The molecule has 0 radical (unpaired) electrons. The molecular weight excluding hydrogens is 553 g/mol. The second-order valence-corrected chi connectivity index (χ2v) is 8.84. The number of carbonyl (C=O) groups is 3. The molecule has 1 aliphatic heterocycles. The largest absolute Gasteiger partial charge is 0.478 e. The number of carbonyl (C=O) groups excluding carboxylic acids is 2. The van der Waals surface area contributed by atoms with E-state index in [1.165, 1.54) is 45.8 Å². The molecule has 0 saturated carbocycles. The van der Waals surface area contributed by atoms with Crippen molar-refractivity contribution in [3.63, 3.8) is 0 Å². The number of aromatic nitrogens is 3. The van der Waals surface area contributed by atoms with Gasteiger partial charge in [-0.05, 0) is 49.4 Å². The fourth-order valence-corrected chi connectivity index (χ4v) is 4.26. The van der Waals surface area contributed by atoms with Crippen molar-refractivity contribution in [3.05, 3.63) is 74.8 Å². The van der Waals surface area contributed by atoms with E-state index in [1.54, 1.807) is 6.92 Å². The predicted molar refractivity (Wildman–Crippen MR) is 138 cm³/mol. The first kappa shape index (κ1) is 29.0. The average Bonchev–Trinajstić information content (AvgIpc) is 3.43. The molecule has 218 valence electrons. The van der Waals surface area contributed by atoms with Crippen LogP contribution in [0.3, 0.4) is 0 Å². The third-order valence-electron chi connectivity index (χ3n) is 6.27. The maximum Gasteiger partial charge on any atom is 0.414 e. The Morgan fingerprint density at radius 1 is 1.05 bits per heavy atom. The summed E-state index contributed by atoms with van der Waals surface area (Å²) in [4.78, 5) is 61.3. The second-order valence-electron chi connectivity index (χ2n) is 8.84. The van der Waals surface area contributed by atoms with E-state index < -0.39 is 47.7 Å². The van der Waals surface area contributed by atoms with Gasteiger partial charge >= 0.3 is 29.9 Å². The van der Waals surface area contributed by atoms with Crippen LogP contribution in [0.15, 0.2) is 52.1 Å². The molecule has 1 atom stereocenters. The van der Waals surface area contributed by atoms with Gasteiger partial charge in [0.2, 0.25) is 0 Å². The molecule has 4 rings (SSSR count). The highest BCUT2D eigenvalue weighted by atomic mass is 19.3. The monoisotopic (exact) mass is 578 g/mol. The van der Waals surface area contributed by atoms with Crippen LogP contribution in [0.4, 0.5) is 29.3 Å². The fourth-order valence-electron chi connectivity index (χ4n) is 4.26. The van der Waals surface area contributed by atoms with E-state index in [9.17, 15) is 37.1 Å². The van der Waals surface area contributed by atoms with Gasteiger partial charge in [0.25, 0.3) is 5.91 Å². The maximum atomic E-state index is 14.8. The number of carboxylic acid groups (broad SMARTS) is 1. The van der Waals surface area contributed by atoms with Crippen molar-refractivity contribution in [1.82, 2.24) is 19.2 Å². The van der Waals surface area contributed by atoms with Crippen molar-refractivity contribution in [1.29, 1.82) is 0 Å². The van der Waals surface area contributed by atoms with Crippen LogP contribution < -0.4 is 26.9 Å². The quantitative estimate of drug-likeness (QED) is 0.309. The van der Waals surface area contributed by atoms with Gasteiger partial charge in [-0.2, -0.15) is 8.78 Å². The summed E-state index contributed by atoms with van der Waals surface area (Å²) in [5.41, 5.74) is -0.911. The van der Waals surface area contributed by atoms with Gasteiger partial charge in [0.05, 0.1) is 42.3 Å². The van der Waals surface area contributed by atoms with Gasteiger partial charge in [0.1, 0.15) is 11.9 Å². The van der Waals surface area contributed by atoms with Gasteiger partial charge in [-0.3, -0.25) is 9.69 Å². The lowest BCUT2D eigenvalue weighted by atomic mass is 10.2. The Bertz CT molecular complexity index is 1580. The number of benzene rings is 2. The molecule has 0 unspecified atom stereocenters. The van der Waals surface area contributed by atoms with Crippen LogP contribution in [0.25, 0.3) is 5.69 Å². The van der Waals surface area contributed by atoms with Crippen LogP contribution in [0.2, 0.25) is 0 Å². The van der Waals surface area contributed by atoms with Crippen LogP contribution in [0.5, 0.6) is 0 Å². The van der Waals surface area contributed by atoms with E-state index in [4.69, 9.17) is 9.84 Å². The van der Waals surface area contributed by atoms with E-state index in [1.807, 2.05) is 5.32 Å². The minimum absolute atomic E-state index is 0.00547. The molecule has 0 bridgehead atoms. The number of hydrogen-bond acceptors (Lipinski definition) is 7. The number of nitrogens with zero attached hydrogens (tertiary/aromatic N) is 4. The molecule has 0 aliphatic carbocycles. The summed E-state index contributed by atoms with van der Waals surface area (Å²) in [6.45, 7) is 1.42. The topological polar surface area (TPSA) is 157 Å². The zero-order valence-electron chi connectivity index (χ0n) is 21.6.